The molecule has 0 N–H and O–H groups in total. The quantitative estimate of drug-likeness (QED) is 0.638. The maximum absolute atomic E-state index is 13.6. The maximum atomic E-state index is 13.6. The van der Waals surface area contributed by atoms with Gasteiger partial charge in [-0.15, -0.1) is 10.2 Å². The Morgan fingerprint density at radius 3 is 2.46 bits per heavy atom. The van der Waals surface area contributed by atoms with Crippen molar-refractivity contribution in [3.05, 3.63) is 76.0 Å². The number of hydrogen-bond donors (Lipinski definition) is 0. The van der Waals surface area contributed by atoms with Crippen molar-refractivity contribution >= 4 is 29.4 Å². The fourth-order valence-corrected chi connectivity index (χ4v) is 2.56. The van der Waals surface area contributed by atoms with Crippen LogP contribution in [0.3, 0.4) is 0 Å². The minimum atomic E-state index is -0.345. The highest BCUT2D eigenvalue weighted by atomic mass is 35.5. The molecule has 1 aromatic heterocycles. The molecule has 3 rings (SSSR count). The van der Waals surface area contributed by atoms with E-state index in [4.69, 9.17) is 27.9 Å². The summed E-state index contributed by atoms with van der Waals surface area (Å²) in [7, 11) is 0. The van der Waals surface area contributed by atoms with Crippen LogP contribution < -0.4 is 4.74 Å². The fourth-order valence-electron chi connectivity index (χ4n) is 1.95. The Kier molecular flexibility index (Phi) is 5.08. The smallest absolute Gasteiger partial charge is 0.157 e. The fraction of sp³-hybridized carbons (Fsp3) is 0.0625. The summed E-state index contributed by atoms with van der Waals surface area (Å²) in [6.45, 7) is 0.0280. The Balaban J connectivity index is 1.76. The first-order valence-corrected chi connectivity index (χ1v) is 7.63. The lowest BCUT2D eigenvalue weighted by Gasteiger charge is -2.11. The highest BCUT2D eigenvalue weighted by Gasteiger charge is 2.11. The second kappa shape index (κ2) is 7.42. The van der Waals surface area contributed by atoms with Crippen molar-refractivity contribution in [2.45, 2.75) is 6.61 Å². The van der Waals surface area contributed by atoms with E-state index in [-0.39, 0.29) is 12.4 Å². The van der Waals surface area contributed by atoms with Gasteiger partial charge in [-0.05, 0) is 23.8 Å². The molecule has 0 bridgehead atoms. The lowest BCUT2D eigenvalue weighted by Crippen LogP contribution is -2.00. The molecule has 1 heterocycles. The Labute approximate surface area is 147 Å². The SMILES string of the molecule is Fc1ccccc1COc1c(Cl)cc(/C=N/n2cnnc2)cc1Cl. The average molecular weight is 365 g/mol. The second-order valence-electron chi connectivity index (χ2n) is 4.78. The van der Waals surface area contributed by atoms with Crippen molar-refractivity contribution in [3.8, 4) is 5.75 Å². The molecule has 0 atom stereocenters. The molecule has 0 unspecified atom stereocenters. The minimum absolute atomic E-state index is 0.0280. The lowest BCUT2D eigenvalue weighted by atomic mass is 10.2. The molecular formula is C16H11Cl2FN4O. The molecule has 122 valence electrons. The largest absolute Gasteiger partial charge is 0.486 e. The normalized spacial score (nSPS) is 11.1. The third kappa shape index (κ3) is 3.90. The summed E-state index contributed by atoms with van der Waals surface area (Å²) < 4.78 is 20.6. The summed E-state index contributed by atoms with van der Waals surface area (Å²) in [5, 5.41) is 12.0. The molecule has 0 amide bonds. The second-order valence-corrected chi connectivity index (χ2v) is 5.59. The van der Waals surface area contributed by atoms with Gasteiger partial charge in [0.2, 0.25) is 0 Å². The molecule has 0 saturated heterocycles. The summed E-state index contributed by atoms with van der Waals surface area (Å²) in [5.41, 5.74) is 1.10. The minimum Gasteiger partial charge on any atom is -0.486 e. The van der Waals surface area contributed by atoms with Gasteiger partial charge in [0.25, 0.3) is 0 Å². The van der Waals surface area contributed by atoms with Crippen molar-refractivity contribution in [2.24, 2.45) is 5.10 Å². The number of benzene rings is 2. The highest BCUT2D eigenvalue weighted by Crippen LogP contribution is 2.34. The number of ether oxygens (including phenoxy) is 1. The molecule has 8 heteroatoms. The van der Waals surface area contributed by atoms with Crippen LogP contribution in [-0.4, -0.2) is 21.1 Å². The molecule has 0 radical (unpaired) electrons. The summed E-state index contributed by atoms with van der Waals surface area (Å²) in [5.74, 6) is -0.0505. The summed E-state index contributed by atoms with van der Waals surface area (Å²) in [6.07, 6.45) is 4.46. The van der Waals surface area contributed by atoms with E-state index in [2.05, 4.69) is 15.3 Å². The van der Waals surface area contributed by atoms with Crippen LogP contribution in [0.1, 0.15) is 11.1 Å². The molecule has 24 heavy (non-hydrogen) atoms. The monoisotopic (exact) mass is 364 g/mol. The molecule has 0 saturated carbocycles. The van der Waals surface area contributed by atoms with Gasteiger partial charge in [0.1, 0.15) is 25.1 Å². The Bertz CT molecular complexity index is 845. The zero-order valence-electron chi connectivity index (χ0n) is 12.2. The predicted octanol–water partition coefficient (Wildman–Crippen LogP) is 4.19. The van der Waals surface area contributed by atoms with E-state index >= 15 is 0 Å². The first-order chi connectivity index (χ1) is 11.6. The predicted molar refractivity (Wildman–Crippen MR) is 90.2 cm³/mol. The molecule has 0 fully saturated rings. The van der Waals surface area contributed by atoms with E-state index in [0.29, 0.717) is 26.9 Å². The van der Waals surface area contributed by atoms with Gasteiger partial charge < -0.3 is 4.74 Å². The zero-order chi connectivity index (χ0) is 16.9. The highest BCUT2D eigenvalue weighted by molar-refractivity contribution is 6.37. The van der Waals surface area contributed by atoms with Crippen molar-refractivity contribution in [1.29, 1.82) is 0 Å². The van der Waals surface area contributed by atoms with Gasteiger partial charge in [0, 0.05) is 5.56 Å². The summed E-state index contributed by atoms with van der Waals surface area (Å²) in [4.78, 5) is 0. The van der Waals surface area contributed by atoms with Crippen LogP contribution in [0.5, 0.6) is 5.75 Å². The molecule has 3 aromatic rings. The van der Waals surface area contributed by atoms with Crippen LogP contribution >= 0.6 is 23.2 Å². The van der Waals surface area contributed by atoms with Gasteiger partial charge in [-0.25, -0.2) is 9.07 Å². The Morgan fingerprint density at radius 2 is 1.79 bits per heavy atom. The number of aromatic nitrogens is 3. The maximum Gasteiger partial charge on any atom is 0.157 e. The average Bonchev–Trinajstić information content (AvgIpc) is 3.07. The Hall–Kier alpha value is -2.44. The van der Waals surface area contributed by atoms with E-state index in [1.165, 1.54) is 23.4 Å². The summed E-state index contributed by atoms with van der Waals surface area (Å²) in [6, 6.07) is 9.65. The topological polar surface area (TPSA) is 52.3 Å². The summed E-state index contributed by atoms with van der Waals surface area (Å²) >= 11 is 12.4. The van der Waals surface area contributed by atoms with Gasteiger partial charge in [-0.1, -0.05) is 41.4 Å². The lowest BCUT2D eigenvalue weighted by molar-refractivity contribution is 0.300. The van der Waals surface area contributed by atoms with Crippen LogP contribution in [0, 0.1) is 5.82 Å². The molecular weight excluding hydrogens is 354 g/mol. The van der Waals surface area contributed by atoms with Crippen LogP contribution in [0.25, 0.3) is 0 Å². The molecule has 5 nitrogen and oxygen atoms in total. The van der Waals surface area contributed by atoms with E-state index in [1.807, 2.05) is 0 Å². The van der Waals surface area contributed by atoms with E-state index in [9.17, 15) is 4.39 Å². The number of hydrogen-bond acceptors (Lipinski definition) is 4. The number of rotatable bonds is 5. The van der Waals surface area contributed by atoms with Crippen molar-refractivity contribution < 1.29 is 9.13 Å². The molecule has 0 aliphatic rings. The van der Waals surface area contributed by atoms with Gasteiger partial charge >= 0.3 is 0 Å². The number of nitrogens with zero attached hydrogens (tertiary/aromatic N) is 4. The first kappa shape index (κ1) is 16.4. The van der Waals surface area contributed by atoms with Gasteiger partial charge in [-0.2, -0.15) is 5.10 Å². The van der Waals surface area contributed by atoms with Gasteiger partial charge in [-0.3, -0.25) is 0 Å². The van der Waals surface area contributed by atoms with E-state index < -0.39 is 0 Å². The van der Waals surface area contributed by atoms with Crippen LogP contribution in [0.15, 0.2) is 54.2 Å². The zero-order valence-corrected chi connectivity index (χ0v) is 13.7. The molecule has 0 aliphatic carbocycles. The van der Waals surface area contributed by atoms with Crippen LogP contribution in [-0.2, 0) is 6.61 Å². The molecule has 0 spiro atoms. The molecule has 0 aliphatic heterocycles. The van der Waals surface area contributed by atoms with Crippen LogP contribution in [0.4, 0.5) is 4.39 Å². The van der Waals surface area contributed by atoms with Crippen LogP contribution in [0.2, 0.25) is 10.0 Å². The van der Waals surface area contributed by atoms with Gasteiger partial charge in [0.15, 0.2) is 5.75 Å². The Morgan fingerprint density at radius 1 is 1.12 bits per heavy atom. The van der Waals surface area contributed by atoms with E-state index in [1.54, 1.807) is 36.5 Å². The van der Waals surface area contributed by atoms with Crippen molar-refractivity contribution in [2.75, 3.05) is 0 Å². The van der Waals surface area contributed by atoms with Crippen molar-refractivity contribution in [3.63, 3.8) is 0 Å². The first-order valence-electron chi connectivity index (χ1n) is 6.88. The third-order valence-corrected chi connectivity index (χ3v) is 3.66. The van der Waals surface area contributed by atoms with E-state index in [0.717, 1.165) is 0 Å². The molecule has 2 aromatic carbocycles. The standard InChI is InChI=1S/C16H11Cl2FN4O/c17-13-5-11(7-22-23-9-20-21-10-23)6-14(18)16(13)24-8-12-3-1-2-4-15(12)19/h1-7,9-10H,8H2/b22-7+. The van der Waals surface area contributed by atoms with Gasteiger partial charge in [0.05, 0.1) is 16.3 Å². The number of halogens is 3. The third-order valence-electron chi connectivity index (χ3n) is 3.10. The van der Waals surface area contributed by atoms with Crippen molar-refractivity contribution in [1.82, 2.24) is 14.9 Å².